The van der Waals surface area contributed by atoms with Gasteiger partial charge in [-0.25, -0.2) is 0 Å². The molecule has 1 aromatic heterocycles. The van der Waals surface area contributed by atoms with Gasteiger partial charge in [0.25, 0.3) is 0 Å². The second-order valence-electron chi connectivity index (χ2n) is 5.84. The molecule has 1 fully saturated rings. The Balaban J connectivity index is 1.45. The number of hydrogen-bond acceptors (Lipinski definition) is 6. The van der Waals surface area contributed by atoms with Crippen molar-refractivity contribution in [3.63, 3.8) is 0 Å². The van der Waals surface area contributed by atoms with E-state index in [2.05, 4.69) is 19.8 Å². The average molecular weight is 357 g/mol. The van der Waals surface area contributed by atoms with Crippen molar-refractivity contribution in [2.45, 2.75) is 38.8 Å². The number of halogens is 3. The molecule has 0 N–H and O–H groups in total. The molecule has 6 nitrogen and oxygen atoms in total. The highest BCUT2D eigenvalue weighted by atomic mass is 19.4. The van der Waals surface area contributed by atoms with Crippen molar-refractivity contribution in [1.29, 1.82) is 0 Å². The lowest BCUT2D eigenvalue weighted by Crippen LogP contribution is -2.38. The molecule has 1 aromatic carbocycles. The lowest BCUT2D eigenvalue weighted by molar-refractivity contribution is -0.274. The van der Waals surface area contributed by atoms with E-state index in [0.717, 1.165) is 25.9 Å². The zero-order valence-electron chi connectivity index (χ0n) is 13.6. The summed E-state index contributed by atoms with van der Waals surface area (Å²) >= 11 is 0. The largest absolute Gasteiger partial charge is 0.573 e. The molecule has 3 rings (SSSR count). The van der Waals surface area contributed by atoms with E-state index in [1.807, 2.05) is 0 Å². The van der Waals surface area contributed by atoms with Gasteiger partial charge in [0.15, 0.2) is 5.82 Å². The number of nitrogens with zero attached hydrogens (tertiary/aromatic N) is 3. The smallest absolute Gasteiger partial charge is 0.490 e. The second-order valence-corrected chi connectivity index (χ2v) is 5.84. The van der Waals surface area contributed by atoms with E-state index in [0.29, 0.717) is 24.0 Å². The lowest BCUT2D eigenvalue weighted by atomic mass is 10.1. The van der Waals surface area contributed by atoms with Crippen LogP contribution >= 0.6 is 0 Å². The molecule has 0 bridgehead atoms. The Labute approximate surface area is 142 Å². The van der Waals surface area contributed by atoms with Gasteiger partial charge in [-0.1, -0.05) is 5.16 Å². The van der Waals surface area contributed by atoms with E-state index in [1.54, 1.807) is 6.92 Å². The van der Waals surface area contributed by atoms with Crippen LogP contribution in [0.2, 0.25) is 0 Å². The fraction of sp³-hybridized carbons (Fsp3) is 0.500. The molecule has 0 spiro atoms. The first kappa shape index (κ1) is 17.5. The van der Waals surface area contributed by atoms with Crippen LogP contribution in [-0.2, 0) is 6.54 Å². The fourth-order valence-electron chi connectivity index (χ4n) is 2.70. The van der Waals surface area contributed by atoms with Crippen molar-refractivity contribution >= 4 is 0 Å². The summed E-state index contributed by atoms with van der Waals surface area (Å²) in [6, 6.07) is 5.46. The fourth-order valence-corrected chi connectivity index (χ4v) is 2.70. The number of ether oxygens (including phenoxy) is 2. The van der Waals surface area contributed by atoms with E-state index in [4.69, 9.17) is 9.26 Å². The molecule has 25 heavy (non-hydrogen) atoms. The van der Waals surface area contributed by atoms with Gasteiger partial charge in [-0.2, -0.15) is 4.98 Å². The number of aryl methyl sites for hydroxylation is 1. The molecule has 2 heterocycles. The molecule has 0 amide bonds. The van der Waals surface area contributed by atoms with Crippen molar-refractivity contribution in [3.05, 3.63) is 36.0 Å². The Morgan fingerprint density at radius 1 is 1.16 bits per heavy atom. The highest BCUT2D eigenvalue weighted by Crippen LogP contribution is 2.26. The Kier molecular flexibility index (Phi) is 5.12. The van der Waals surface area contributed by atoms with Gasteiger partial charge in [-0.05, 0) is 37.1 Å². The van der Waals surface area contributed by atoms with Crippen LogP contribution in [0.5, 0.6) is 11.5 Å². The van der Waals surface area contributed by atoms with Gasteiger partial charge in [0.2, 0.25) is 5.89 Å². The van der Waals surface area contributed by atoms with E-state index in [9.17, 15) is 13.2 Å². The normalized spacial score (nSPS) is 16.8. The Bertz CT molecular complexity index is 680. The molecule has 0 radical (unpaired) electrons. The van der Waals surface area contributed by atoms with Crippen molar-refractivity contribution in [3.8, 4) is 11.5 Å². The Hall–Kier alpha value is -2.29. The van der Waals surface area contributed by atoms with Crippen molar-refractivity contribution in [2.75, 3.05) is 13.1 Å². The maximum Gasteiger partial charge on any atom is 0.573 e. The number of benzene rings is 1. The molecular formula is C16H18F3N3O3. The molecule has 1 saturated heterocycles. The molecule has 0 atom stereocenters. The lowest BCUT2D eigenvalue weighted by Gasteiger charge is -2.31. The molecule has 1 aliphatic heterocycles. The summed E-state index contributed by atoms with van der Waals surface area (Å²) in [5.41, 5.74) is 0. The predicted molar refractivity (Wildman–Crippen MR) is 81.1 cm³/mol. The van der Waals surface area contributed by atoms with E-state index in [1.165, 1.54) is 24.3 Å². The first-order valence-electron chi connectivity index (χ1n) is 7.91. The molecule has 0 saturated carbocycles. The standard InChI is InChI=1S/C16H18F3N3O3/c1-11-20-15(21-25-11)10-22-8-6-13(7-9-22)23-12-2-4-14(5-3-12)24-16(17,18)19/h2-5,13H,6-10H2,1H3. The van der Waals surface area contributed by atoms with Crippen LogP contribution in [0.3, 0.4) is 0 Å². The monoisotopic (exact) mass is 357 g/mol. The van der Waals surface area contributed by atoms with E-state index < -0.39 is 6.36 Å². The number of likely N-dealkylation sites (tertiary alicyclic amines) is 1. The quantitative estimate of drug-likeness (QED) is 0.818. The van der Waals surface area contributed by atoms with Crippen LogP contribution in [0, 0.1) is 6.92 Å². The van der Waals surface area contributed by atoms with Crippen LogP contribution in [0.25, 0.3) is 0 Å². The maximum absolute atomic E-state index is 12.1. The summed E-state index contributed by atoms with van der Waals surface area (Å²) in [7, 11) is 0. The summed E-state index contributed by atoms with van der Waals surface area (Å²) < 4.78 is 51.0. The molecule has 2 aromatic rings. The highest BCUT2D eigenvalue weighted by Gasteiger charge is 2.31. The van der Waals surface area contributed by atoms with Crippen LogP contribution in [0.4, 0.5) is 13.2 Å². The van der Waals surface area contributed by atoms with Crippen LogP contribution in [-0.4, -0.2) is 40.6 Å². The molecule has 136 valence electrons. The van der Waals surface area contributed by atoms with E-state index in [-0.39, 0.29) is 11.9 Å². The van der Waals surface area contributed by atoms with Gasteiger partial charge in [0.1, 0.15) is 17.6 Å². The van der Waals surface area contributed by atoms with Crippen LogP contribution in [0.1, 0.15) is 24.6 Å². The van der Waals surface area contributed by atoms with Crippen LogP contribution in [0.15, 0.2) is 28.8 Å². The van der Waals surface area contributed by atoms with Crippen molar-refractivity contribution < 1.29 is 27.2 Å². The van der Waals surface area contributed by atoms with Gasteiger partial charge in [0, 0.05) is 20.0 Å². The number of aromatic nitrogens is 2. The minimum atomic E-state index is -4.69. The molecule has 1 aliphatic rings. The van der Waals surface area contributed by atoms with Crippen LogP contribution < -0.4 is 9.47 Å². The highest BCUT2D eigenvalue weighted by molar-refractivity contribution is 5.31. The van der Waals surface area contributed by atoms with Gasteiger partial charge >= 0.3 is 6.36 Å². The third-order valence-corrected chi connectivity index (χ3v) is 3.83. The van der Waals surface area contributed by atoms with Crippen molar-refractivity contribution in [2.24, 2.45) is 0 Å². The number of piperidine rings is 1. The van der Waals surface area contributed by atoms with Gasteiger partial charge in [-0.3, -0.25) is 4.90 Å². The second kappa shape index (κ2) is 7.30. The Morgan fingerprint density at radius 2 is 1.80 bits per heavy atom. The summed E-state index contributed by atoms with van der Waals surface area (Å²) in [6.45, 7) is 4.04. The molecule has 0 unspecified atom stereocenters. The van der Waals surface area contributed by atoms with Crippen molar-refractivity contribution in [1.82, 2.24) is 15.0 Å². The third kappa shape index (κ3) is 5.35. The summed E-state index contributed by atoms with van der Waals surface area (Å²) in [6.07, 6.45) is -3.03. The minimum Gasteiger partial charge on any atom is -0.490 e. The predicted octanol–water partition coefficient (Wildman–Crippen LogP) is 3.32. The maximum atomic E-state index is 12.1. The summed E-state index contributed by atoms with van der Waals surface area (Å²) in [5, 5.41) is 3.88. The number of alkyl halides is 3. The van der Waals surface area contributed by atoms with Gasteiger partial charge in [-0.15, -0.1) is 13.2 Å². The zero-order valence-corrected chi connectivity index (χ0v) is 13.6. The van der Waals surface area contributed by atoms with Gasteiger partial charge < -0.3 is 14.0 Å². The summed E-state index contributed by atoms with van der Waals surface area (Å²) in [4.78, 5) is 6.40. The van der Waals surface area contributed by atoms with Gasteiger partial charge in [0.05, 0.1) is 6.54 Å². The van der Waals surface area contributed by atoms with E-state index >= 15 is 0 Å². The molecule has 9 heteroatoms. The SMILES string of the molecule is Cc1nc(CN2CCC(Oc3ccc(OC(F)(F)F)cc3)CC2)no1. The minimum absolute atomic E-state index is 0.0256. The molecular weight excluding hydrogens is 339 g/mol. The Morgan fingerprint density at radius 3 is 2.36 bits per heavy atom. The average Bonchev–Trinajstić information content (AvgIpc) is 2.95. The number of hydrogen-bond donors (Lipinski definition) is 0. The topological polar surface area (TPSA) is 60.6 Å². The first-order chi connectivity index (χ1) is 11.9. The first-order valence-corrected chi connectivity index (χ1v) is 7.91. The summed E-state index contributed by atoms with van der Waals surface area (Å²) in [5.74, 6) is 1.48. The molecule has 0 aliphatic carbocycles. The zero-order chi connectivity index (χ0) is 17.9. The third-order valence-electron chi connectivity index (χ3n) is 3.83. The number of rotatable bonds is 5.